The molecule has 0 spiro atoms. The van der Waals surface area contributed by atoms with Gasteiger partial charge in [0.1, 0.15) is 0 Å². The molecule has 3 heteroatoms. The lowest BCUT2D eigenvalue weighted by molar-refractivity contribution is 0.658. The number of hydrogen-bond acceptors (Lipinski definition) is 2. The van der Waals surface area contributed by atoms with Crippen LogP contribution in [0.5, 0.6) is 0 Å². The molecule has 0 atom stereocenters. The van der Waals surface area contributed by atoms with Crippen LogP contribution < -0.4 is 10.6 Å². The largest absolute Gasteiger partial charge is 0.315 e. The molecule has 9 heavy (non-hydrogen) atoms. The summed E-state index contributed by atoms with van der Waals surface area (Å²) in [4.78, 5) is 0. The summed E-state index contributed by atoms with van der Waals surface area (Å²) in [6.45, 7) is 2.75. The average molecular weight is 147 g/mol. The van der Waals surface area contributed by atoms with Crippen molar-refractivity contribution in [1.82, 2.24) is 10.6 Å². The summed E-state index contributed by atoms with van der Waals surface area (Å²) < 4.78 is 0. The van der Waals surface area contributed by atoms with Gasteiger partial charge in [-0.15, -0.1) is 0 Å². The predicted molar refractivity (Wildman–Crippen MR) is 39.7 cm³/mol. The molecule has 1 heterocycles. The van der Waals surface area contributed by atoms with Gasteiger partial charge in [-0.2, -0.15) is 0 Å². The van der Waals surface area contributed by atoms with Gasteiger partial charge >= 0.3 is 0 Å². The van der Waals surface area contributed by atoms with Gasteiger partial charge in [0.15, 0.2) is 0 Å². The minimum absolute atomic E-state index is 0.804. The average Bonchev–Trinajstić information content (AvgIpc) is 1.60. The summed E-state index contributed by atoms with van der Waals surface area (Å²) in [5.74, 6) is 0. The lowest BCUT2D eigenvalue weighted by Crippen LogP contribution is -2.35. The highest BCUT2D eigenvalue weighted by Gasteiger charge is 2.10. The highest BCUT2D eigenvalue weighted by Crippen LogP contribution is 2.11. The molecule has 0 aliphatic carbocycles. The van der Waals surface area contributed by atoms with E-state index in [0.717, 1.165) is 24.7 Å². The SMILES string of the molecule is CNCC(Cl)=C1CNC1. The molecule has 0 unspecified atom stereocenters. The van der Waals surface area contributed by atoms with Crippen molar-refractivity contribution in [2.75, 3.05) is 26.7 Å². The van der Waals surface area contributed by atoms with E-state index in [4.69, 9.17) is 11.6 Å². The molecule has 2 nitrogen and oxygen atoms in total. The van der Waals surface area contributed by atoms with E-state index in [1.54, 1.807) is 0 Å². The molecule has 52 valence electrons. The zero-order valence-electron chi connectivity index (χ0n) is 5.50. The molecule has 0 bridgehead atoms. The molecular weight excluding hydrogens is 136 g/mol. The maximum atomic E-state index is 5.86. The van der Waals surface area contributed by atoms with Gasteiger partial charge in [0.2, 0.25) is 0 Å². The summed E-state index contributed by atoms with van der Waals surface area (Å²) in [6.07, 6.45) is 0. The van der Waals surface area contributed by atoms with Gasteiger partial charge in [-0.05, 0) is 12.6 Å². The van der Waals surface area contributed by atoms with E-state index in [2.05, 4.69) is 10.6 Å². The Morgan fingerprint density at radius 2 is 2.44 bits per heavy atom. The third-order valence-corrected chi connectivity index (χ3v) is 1.79. The molecule has 1 fully saturated rings. The van der Waals surface area contributed by atoms with Gasteiger partial charge in [-0.3, -0.25) is 0 Å². The van der Waals surface area contributed by atoms with Crippen LogP contribution in [0.25, 0.3) is 0 Å². The van der Waals surface area contributed by atoms with Crippen molar-refractivity contribution in [2.45, 2.75) is 0 Å². The van der Waals surface area contributed by atoms with Crippen LogP contribution in [-0.2, 0) is 0 Å². The van der Waals surface area contributed by atoms with E-state index < -0.39 is 0 Å². The zero-order valence-corrected chi connectivity index (χ0v) is 6.26. The van der Waals surface area contributed by atoms with E-state index in [9.17, 15) is 0 Å². The van der Waals surface area contributed by atoms with Gasteiger partial charge < -0.3 is 10.6 Å². The molecule has 1 rings (SSSR count). The van der Waals surface area contributed by atoms with Crippen LogP contribution in [0.4, 0.5) is 0 Å². The van der Waals surface area contributed by atoms with Crippen LogP contribution in [0.1, 0.15) is 0 Å². The van der Waals surface area contributed by atoms with Gasteiger partial charge in [0.25, 0.3) is 0 Å². The normalized spacial score (nSPS) is 17.3. The number of likely N-dealkylation sites (N-methyl/N-ethyl adjacent to an activating group) is 1. The molecule has 1 saturated heterocycles. The summed E-state index contributed by atoms with van der Waals surface area (Å²) in [5.41, 5.74) is 1.34. The van der Waals surface area contributed by atoms with E-state index in [1.165, 1.54) is 5.57 Å². The first-order valence-corrected chi connectivity index (χ1v) is 3.44. The van der Waals surface area contributed by atoms with Crippen molar-refractivity contribution in [3.05, 3.63) is 10.6 Å². The highest BCUT2D eigenvalue weighted by atomic mass is 35.5. The number of halogens is 1. The Balaban J connectivity index is 2.36. The Morgan fingerprint density at radius 3 is 2.78 bits per heavy atom. The first kappa shape index (κ1) is 7.06. The van der Waals surface area contributed by atoms with Crippen molar-refractivity contribution in [3.8, 4) is 0 Å². The van der Waals surface area contributed by atoms with Crippen molar-refractivity contribution in [1.29, 1.82) is 0 Å². The number of hydrogen-bond donors (Lipinski definition) is 2. The van der Waals surface area contributed by atoms with E-state index >= 15 is 0 Å². The molecule has 0 amide bonds. The smallest absolute Gasteiger partial charge is 0.0336 e. The number of rotatable bonds is 2. The van der Waals surface area contributed by atoms with E-state index in [-0.39, 0.29) is 0 Å². The molecular formula is C6H11ClN2. The second kappa shape index (κ2) is 3.20. The summed E-state index contributed by atoms with van der Waals surface area (Å²) >= 11 is 5.86. The van der Waals surface area contributed by atoms with E-state index in [1.807, 2.05) is 7.05 Å². The highest BCUT2D eigenvalue weighted by molar-refractivity contribution is 6.30. The second-order valence-corrected chi connectivity index (χ2v) is 2.60. The first-order chi connectivity index (χ1) is 4.34. The maximum Gasteiger partial charge on any atom is 0.0336 e. The van der Waals surface area contributed by atoms with Crippen LogP contribution in [0, 0.1) is 0 Å². The summed E-state index contributed by atoms with van der Waals surface area (Å²) in [6, 6.07) is 0. The lowest BCUT2D eigenvalue weighted by Gasteiger charge is -2.20. The molecule has 2 N–H and O–H groups in total. The first-order valence-electron chi connectivity index (χ1n) is 3.06. The van der Waals surface area contributed by atoms with Gasteiger partial charge in [0, 0.05) is 24.7 Å². The third-order valence-electron chi connectivity index (χ3n) is 1.39. The van der Waals surface area contributed by atoms with E-state index in [0.29, 0.717) is 0 Å². The van der Waals surface area contributed by atoms with Crippen molar-refractivity contribution < 1.29 is 0 Å². The van der Waals surface area contributed by atoms with Crippen LogP contribution in [0.15, 0.2) is 10.6 Å². The fraction of sp³-hybridized carbons (Fsp3) is 0.667. The molecule has 0 aromatic carbocycles. The Morgan fingerprint density at radius 1 is 1.78 bits per heavy atom. The van der Waals surface area contributed by atoms with Gasteiger partial charge in [0.05, 0.1) is 0 Å². The summed E-state index contributed by atoms with van der Waals surface area (Å²) in [5, 5.41) is 7.10. The van der Waals surface area contributed by atoms with Crippen molar-refractivity contribution in [3.63, 3.8) is 0 Å². The Bertz CT molecular complexity index is 125. The number of nitrogens with one attached hydrogen (secondary N) is 2. The minimum atomic E-state index is 0.804. The molecule has 0 radical (unpaired) electrons. The molecule has 1 aliphatic rings. The Labute approximate surface area is 60.3 Å². The van der Waals surface area contributed by atoms with Crippen LogP contribution in [-0.4, -0.2) is 26.7 Å². The van der Waals surface area contributed by atoms with Crippen LogP contribution in [0.3, 0.4) is 0 Å². The van der Waals surface area contributed by atoms with Crippen LogP contribution >= 0.6 is 11.6 Å². The second-order valence-electron chi connectivity index (χ2n) is 2.14. The lowest BCUT2D eigenvalue weighted by atomic mass is 10.1. The maximum absolute atomic E-state index is 5.86. The third kappa shape index (κ3) is 1.68. The fourth-order valence-corrected chi connectivity index (χ4v) is 0.989. The van der Waals surface area contributed by atoms with Gasteiger partial charge in [-0.25, -0.2) is 0 Å². The molecule has 0 saturated carbocycles. The quantitative estimate of drug-likeness (QED) is 0.586. The summed E-state index contributed by atoms with van der Waals surface area (Å²) in [7, 11) is 1.90. The monoisotopic (exact) mass is 146 g/mol. The minimum Gasteiger partial charge on any atom is -0.315 e. The molecule has 1 aliphatic heterocycles. The van der Waals surface area contributed by atoms with Crippen LogP contribution in [0.2, 0.25) is 0 Å². The standard InChI is InChI=1S/C6H11ClN2/c1-8-4-6(7)5-2-9-3-5/h8-9H,2-4H2,1H3. The zero-order chi connectivity index (χ0) is 6.69. The molecule has 0 aromatic rings. The van der Waals surface area contributed by atoms with Crippen molar-refractivity contribution in [2.24, 2.45) is 0 Å². The van der Waals surface area contributed by atoms with Crippen molar-refractivity contribution >= 4 is 11.6 Å². The fourth-order valence-electron chi connectivity index (χ4n) is 0.722. The van der Waals surface area contributed by atoms with Gasteiger partial charge in [-0.1, -0.05) is 11.6 Å². The molecule has 0 aromatic heterocycles. The Hall–Kier alpha value is -0.0500. The predicted octanol–water partition coefficient (Wildman–Crippen LogP) is 0.302. The Kier molecular flexibility index (Phi) is 2.51. The topological polar surface area (TPSA) is 24.1 Å².